The van der Waals surface area contributed by atoms with Crippen molar-refractivity contribution in [2.75, 3.05) is 0 Å². The smallest absolute Gasteiger partial charge is 0.0399 e. The van der Waals surface area contributed by atoms with E-state index in [1.54, 1.807) is 0 Å². The normalized spacial score (nSPS) is 22.4. The molecule has 1 fully saturated rings. The third-order valence-corrected chi connectivity index (χ3v) is 2.53. The zero-order valence-corrected chi connectivity index (χ0v) is 10.1. The van der Waals surface area contributed by atoms with Crippen LogP contribution in [0.4, 0.5) is 0 Å². The Bertz CT molecular complexity index is 234. The third kappa shape index (κ3) is 3.49. The minimum Gasteiger partial charge on any atom is -0.269 e. The van der Waals surface area contributed by atoms with Crippen molar-refractivity contribution in [3.63, 3.8) is 0 Å². The molecule has 0 N–H and O–H groups in total. The van der Waals surface area contributed by atoms with Crippen molar-refractivity contribution >= 4 is 6.72 Å². The lowest BCUT2D eigenvalue weighted by Gasteiger charge is -2.18. The molecule has 0 spiro atoms. The van der Waals surface area contributed by atoms with Gasteiger partial charge in [0.25, 0.3) is 0 Å². The highest BCUT2D eigenvalue weighted by molar-refractivity contribution is 5.39. The molecule has 0 atom stereocenters. The number of hydrogen-bond acceptors (Lipinski definition) is 1. The number of aliphatic imine (C=N–C) groups is 1. The maximum Gasteiger partial charge on any atom is 0.0399 e. The molecule has 1 nitrogen and oxygen atoms in total. The van der Waals surface area contributed by atoms with Crippen molar-refractivity contribution in [1.82, 2.24) is 0 Å². The van der Waals surface area contributed by atoms with Gasteiger partial charge in [-0.3, -0.25) is 4.99 Å². The van der Waals surface area contributed by atoms with Gasteiger partial charge in [0.15, 0.2) is 0 Å². The highest BCUT2D eigenvalue weighted by atomic mass is 14.7. The van der Waals surface area contributed by atoms with Crippen molar-refractivity contribution in [3.05, 3.63) is 22.9 Å². The van der Waals surface area contributed by atoms with Gasteiger partial charge in [-0.2, -0.15) is 0 Å². The molecule has 0 radical (unpaired) electrons. The van der Waals surface area contributed by atoms with Crippen LogP contribution in [-0.2, 0) is 0 Å². The standard InChI is InChI=1S/C11H17N.C2H6/c1-4-10-7-5-6-8-11(10)9(2)12-3;1-2/h4H,3,5-8H2,1-2H3;1-2H3/b10-4-,11-9-;. The summed E-state index contributed by atoms with van der Waals surface area (Å²) in [5, 5.41) is 0. The van der Waals surface area contributed by atoms with Gasteiger partial charge in [-0.15, -0.1) is 0 Å². The summed E-state index contributed by atoms with van der Waals surface area (Å²) in [7, 11) is 0. The quantitative estimate of drug-likeness (QED) is 0.543. The van der Waals surface area contributed by atoms with Crippen LogP contribution in [0.2, 0.25) is 0 Å². The molecule has 80 valence electrons. The van der Waals surface area contributed by atoms with Gasteiger partial charge < -0.3 is 0 Å². The van der Waals surface area contributed by atoms with Gasteiger partial charge in [-0.05, 0) is 57.4 Å². The Morgan fingerprint density at radius 2 is 1.86 bits per heavy atom. The molecule has 0 aromatic carbocycles. The van der Waals surface area contributed by atoms with Gasteiger partial charge >= 0.3 is 0 Å². The molecule has 0 aromatic rings. The van der Waals surface area contributed by atoms with Crippen LogP contribution in [0.3, 0.4) is 0 Å². The van der Waals surface area contributed by atoms with E-state index in [0.717, 1.165) is 5.70 Å². The summed E-state index contributed by atoms with van der Waals surface area (Å²) in [4.78, 5) is 4.00. The van der Waals surface area contributed by atoms with E-state index in [2.05, 4.69) is 31.6 Å². The average molecular weight is 193 g/mol. The van der Waals surface area contributed by atoms with Crippen LogP contribution in [0.25, 0.3) is 0 Å². The van der Waals surface area contributed by atoms with Crippen LogP contribution < -0.4 is 0 Å². The van der Waals surface area contributed by atoms with E-state index in [1.165, 1.54) is 36.8 Å². The summed E-state index contributed by atoms with van der Waals surface area (Å²) >= 11 is 0. The van der Waals surface area contributed by atoms with Crippen LogP contribution in [0.15, 0.2) is 27.9 Å². The SMILES string of the molecule is C=N/C(C)=C1/CCCC/C1=C/C.CC. The highest BCUT2D eigenvalue weighted by Crippen LogP contribution is 2.30. The summed E-state index contributed by atoms with van der Waals surface area (Å²) in [5.74, 6) is 0. The van der Waals surface area contributed by atoms with E-state index in [0.29, 0.717) is 0 Å². The Kier molecular flexibility index (Phi) is 7.09. The Hall–Kier alpha value is -0.850. The molecular formula is C13H23N. The fraction of sp³-hybridized carbons (Fsp3) is 0.615. The number of allylic oxidation sites excluding steroid dienone is 4. The van der Waals surface area contributed by atoms with Crippen molar-refractivity contribution in [2.45, 2.75) is 53.4 Å². The molecule has 0 heterocycles. The van der Waals surface area contributed by atoms with Gasteiger partial charge in [0.2, 0.25) is 0 Å². The third-order valence-electron chi connectivity index (χ3n) is 2.53. The minimum atomic E-state index is 1.11. The molecule has 0 unspecified atom stereocenters. The summed E-state index contributed by atoms with van der Waals surface area (Å²) in [6.07, 6.45) is 7.25. The molecule has 1 rings (SSSR count). The summed E-state index contributed by atoms with van der Waals surface area (Å²) in [5.41, 5.74) is 4.02. The zero-order chi connectivity index (χ0) is 11.0. The molecule has 14 heavy (non-hydrogen) atoms. The fourth-order valence-electron chi connectivity index (χ4n) is 1.76. The van der Waals surface area contributed by atoms with Gasteiger partial charge in [0, 0.05) is 5.70 Å². The monoisotopic (exact) mass is 193 g/mol. The molecule has 1 saturated carbocycles. The van der Waals surface area contributed by atoms with E-state index in [9.17, 15) is 0 Å². The number of nitrogens with zero attached hydrogens (tertiary/aromatic N) is 1. The topological polar surface area (TPSA) is 12.4 Å². The van der Waals surface area contributed by atoms with Crippen LogP contribution in [0, 0.1) is 0 Å². The Morgan fingerprint density at radius 1 is 1.29 bits per heavy atom. The molecule has 1 aliphatic carbocycles. The minimum absolute atomic E-state index is 1.11. The predicted molar refractivity (Wildman–Crippen MR) is 65.8 cm³/mol. The first-order valence-corrected chi connectivity index (χ1v) is 5.61. The van der Waals surface area contributed by atoms with Gasteiger partial charge in [-0.1, -0.05) is 19.9 Å². The first-order chi connectivity index (χ1) is 6.79. The zero-order valence-electron chi connectivity index (χ0n) is 10.1. The Labute approximate surface area is 88.6 Å². The lowest BCUT2D eigenvalue weighted by atomic mass is 9.88. The van der Waals surface area contributed by atoms with Crippen molar-refractivity contribution < 1.29 is 0 Å². The Morgan fingerprint density at radius 3 is 2.36 bits per heavy atom. The van der Waals surface area contributed by atoms with Crippen molar-refractivity contribution in [1.29, 1.82) is 0 Å². The molecule has 0 bridgehead atoms. The molecule has 0 amide bonds. The van der Waals surface area contributed by atoms with E-state index in [4.69, 9.17) is 0 Å². The van der Waals surface area contributed by atoms with Crippen LogP contribution in [0.5, 0.6) is 0 Å². The number of hydrogen-bond donors (Lipinski definition) is 0. The molecule has 1 heteroatoms. The maximum absolute atomic E-state index is 4.00. The predicted octanol–water partition coefficient (Wildman–Crippen LogP) is 4.51. The van der Waals surface area contributed by atoms with Gasteiger partial charge in [-0.25, -0.2) is 0 Å². The van der Waals surface area contributed by atoms with E-state index >= 15 is 0 Å². The molecular weight excluding hydrogens is 170 g/mol. The lowest BCUT2D eigenvalue weighted by Crippen LogP contribution is -2.00. The summed E-state index contributed by atoms with van der Waals surface area (Å²) in [6, 6.07) is 0. The highest BCUT2D eigenvalue weighted by Gasteiger charge is 2.12. The number of rotatable bonds is 1. The van der Waals surface area contributed by atoms with Crippen molar-refractivity contribution in [3.8, 4) is 0 Å². The van der Waals surface area contributed by atoms with E-state index in [-0.39, 0.29) is 0 Å². The first kappa shape index (κ1) is 13.2. The second-order valence-electron chi connectivity index (χ2n) is 3.24. The summed E-state index contributed by atoms with van der Waals surface area (Å²) in [6.45, 7) is 11.7. The van der Waals surface area contributed by atoms with Gasteiger partial charge in [0.05, 0.1) is 0 Å². The average Bonchev–Trinajstić information content (AvgIpc) is 2.30. The van der Waals surface area contributed by atoms with Crippen LogP contribution in [-0.4, -0.2) is 6.72 Å². The van der Waals surface area contributed by atoms with E-state index in [1.807, 2.05) is 13.8 Å². The van der Waals surface area contributed by atoms with Gasteiger partial charge in [0.1, 0.15) is 0 Å². The second-order valence-corrected chi connectivity index (χ2v) is 3.24. The molecule has 1 aliphatic rings. The molecule has 0 saturated heterocycles. The fourth-order valence-corrected chi connectivity index (χ4v) is 1.76. The largest absolute Gasteiger partial charge is 0.269 e. The second kappa shape index (κ2) is 7.54. The van der Waals surface area contributed by atoms with Crippen LogP contribution >= 0.6 is 0 Å². The van der Waals surface area contributed by atoms with Crippen LogP contribution in [0.1, 0.15) is 53.4 Å². The Balaban J connectivity index is 0.000000791. The maximum atomic E-state index is 4.00. The lowest BCUT2D eigenvalue weighted by molar-refractivity contribution is 0.672. The van der Waals surface area contributed by atoms with Crippen molar-refractivity contribution in [2.24, 2.45) is 4.99 Å². The summed E-state index contributed by atoms with van der Waals surface area (Å²) < 4.78 is 0. The molecule has 0 aliphatic heterocycles. The first-order valence-electron chi connectivity index (χ1n) is 5.61. The van der Waals surface area contributed by atoms with E-state index < -0.39 is 0 Å². The molecule has 0 aromatic heterocycles.